The van der Waals surface area contributed by atoms with Gasteiger partial charge in [-0.1, -0.05) is 0 Å². The van der Waals surface area contributed by atoms with E-state index in [-0.39, 0.29) is 23.7 Å². The van der Waals surface area contributed by atoms with E-state index in [0.29, 0.717) is 23.6 Å². The molecule has 1 aliphatic carbocycles. The minimum atomic E-state index is -0.112. The molecule has 1 heterocycles. The molecule has 0 radical (unpaired) electrons. The van der Waals surface area contributed by atoms with Crippen LogP contribution in [0.1, 0.15) is 35.4 Å². The topological polar surface area (TPSA) is 71.8 Å². The zero-order valence-electron chi connectivity index (χ0n) is 14.6. The molecule has 1 aromatic carbocycles. The van der Waals surface area contributed by atoms with E-state index >= 15 is 0 Å². The van der Waals surface area contributed by atoms with Crippen LogP contribution in [0.4, 0.5) is 5.69 Å². The van der Waals surface area contributed by atoms with Gasteiger partial charge in [-0.25, -0.2) is 0 Å². The van der Waals surface area contributed by atoms with Gasteiger partial charge in [-0.3, -0.25) is 9.59 Å². The molecule has 1 aliphatic rings. The van der Waals surface area contributed by atoms with Crippen LogP contribution < -0.4 is 10.1 Å². The molecule has 0 saturated heterocycles. The molecule has 0 aliphatic heterocycles. The van der Waals surface area contributed by atoms with Crippen molar-refractivity contribution in [2.45, 2.75) is 19.3 Å². The summed E-state index contributed by atoms with van der Waals surface area (Å²) < 4.78 is 11.0. The molecule has 6 nitrogen and oxygen atoms in total. The number of hydrogen-bond donors (Lipinski definition) is 1. The molecule has 0 spiro atoms. The van der Waals surface area contributed by atoms with Gasteiger partial charge >= 0.3 is 0 Å². The number of carbonyl (C=O) groups is 2. The number of carbonyl (C=O) groups excluding carboxylic acids is 2. The van der Waals surface area contributed by atoms with Crippen LogP contribution in [-0.4, -0.2) is 37.4 Å². The maximum absolute atomic E-state index is 12.5. The van der Waals surface area contributed by atoms with Crippen molar-refractivity contribution in [2.75, 3.05) is 26.0 Å². The van der Waals surface area contributed by atoms with E-state index in [1.165, 1.54) is 4.90 Å². The summed E-state index contributed by atoms with van der Waals surface area (Å²) in [6, 6.07) is 8.79. The van der Waals surface area contributed by atoms with Crippen LogP contribution in [0.5, 0.6) is 5.75 Å². The Balaban J connectivity index is 1.73. The first-order valence-corrected chi connectivity index (χ1v) is 8.34. The second-order valence-electron chi connectivity index (χ2n) is 6.30. The largest absolute Gasteiger partial charge is 0.492 e. The lowest BCUT2D eigenvalue weighted by atomic mass is 10.1. The van der Waals surface area contributed by atoms with Gasteiger partial charge in [-0.15, -0.1) is 0 Å². The standard InChI is InChI=1S/C19H22N2O4/c1-4-24-17-10-12(19(23)21(2)3)7-8-15(17)20-18(22)14-11-13(14)16-6-5-9-25-16/h5-10,13-14H,4,11H2,1-3H3,(H,20,22)/t13-,14+/m1/s1. The quantitative estimate of drug-likeness (QED) is 0.875. The fraction of sp³-hybridized carbons (Fsp3) is 0.368. The van der Waals surface area contributed by atoms with Crippen LogP contribution in [0.15, 0.2) is 41.0 Å². The molecule has 2 atom stereocenters. The lowest BCUT2D eigenvalue weighted by Gasteiger charge is -2.15. The molecule has 1 N–H and O–H groups in total. The number of ether oxygens (including phenoxy) is 1. The smallest absolute Gasteiger partial charge is 0.253 e. The average Bonchev–Trinajstić information content (AvgIpc) is 3.21. The van der Waals surface area contributed by atoms with Crippen LogP contribution in [0.3, 0.4) is 0 Å². The van der Waals surface area contributed by atoms with E-state index in [4.69, 9.17) is 9.15 Å². The highest BCUT2D eigenvalue weighted by Crippen LogP contribution is 2.48. The lowest BCUT2D eigenvalue weighted by molar-refractivity contribution is -0.117. The van der Waals surface area contributed by atoms with Gasteiger partial charge in [0.15, 0.2) is 0 Å². The van der Waals surface area contributed by atoms with Gasteiger partial charge in [0.1, 0.15) is 11.5 Å². The van der Waals surface area contributed by atoms with Crippen LogP contribution in [-0.2, 0) is 4.79 Å². The van der Waals surface area contributed by atoms with E-state index in [1.54, 1.807) is 38.6 Å². The number of hydrogen-bond acceptors (Lipinski definition) is 4. The average molecular weight is 342 g/mol. The number of furan rings is 1. The molecule has 1 aromatic heterocycles. The summed E-state index contributed by atoms with van der Waals surface area (Å²) in [5, 5.41) is 2.91. The van der Waals surface area contributed by atoms with Crippen molar-refractivity contribution in [1.29, 1.82) is 0 Å². The first-order chi connectivity index (χ1) is 12.0. The van der Waals surface area contributed by atoms with Gasteiger partial charge in [0, 0.05) is 31.5 Å². The van der Waals surface area contributed by atoms with E-state index in [9.17, 15) is 9.59 Å². The van der Waals surface area contributed by atoms with E-state index in [0.717, 1.165) is 12.2 Å². The molecule has 25 heavy (non-hydrogen) atoms. The van der Waals surface area contributed by atoms with Gasteiger partial charge < -0.3 is 19.4 Å². The maximum atomic E-state index is 12.5. The Morgan fingerprint density at radius 2 is 2.12 bits per heavy atom. The Morgan fingerprint density at radius 1 is 1.32 bits per heavy atom. The summed E-state index contributed by atoms with van der Waals surface area (Å²) in [6.45, 7) is 2.31. The zero-order chi connectivity index (χ0) is 18.0. The van der Waals surface area contributed by atoms with E-state index < -0.39 is 0 Å². The minimum absolute atomic E-state index is 0.0611. The van der Waals surface area contributed by atoms with Gasteiger partial charge in [-0.05, 0) is 43.7 Å². The third-order valence-electron chi connectivity index (χ3n) is 4.23. The van der Waals surface area contributed by atoms with E-state index in [1.807, 2.05) is 19.1 Å². The van der Waals surface area contributed by atoms with Gasteiger partial charge in [0.25, 0.3) is 5.91 Å². The number of nitrogens with zero attached hydrogens (tertiary/aromatic N) is 1. The third-order valence-corrected chi connectivity index (χ3v) is 4.23. The Bertz CT molecular complexity index is 768. The normalized spacial score (nSPS) is 18.5. The number of rotatable bonds is 6. The maximum Gasteiger partial charge on any atom is 0.253 e. The molecule has 0 unspecified atom stereocenters. The molecule has 2 aromatic rings. The SMILES string of the molecule is CCOc1cc(C(=O)N(C)C)ccc1NC(=O)[C@H]1C[C@H]1c1ccco1. The highest BCUT2D eigenvalue weighted by atomic mass is 16.5. The first-order valence-electron chi connectivity index (χ1n) is 8.34. The van der Waals surface area contributed by atoms with Crippen molar-refractivity contribution >= 4 is 17.5 Å². The van der Waals surface area contributed by atoms with Crippen molar-refractivity contribution in [2.24, 2.45) is 5.92 Å². The van der Waals surface area contributed by atoms with Crippen molar-refractivity contribution in [3.8, 4) is 5.75 Å². The lowest BCUT2D eigenvalue weighted by Crippen LogP contribution is -2.22. The fourth-order valence-corrected chi connectivity index (χ4v) is 2.82. The number of benzene rings is 1. The van der Waals surface area contributed by atoms with Crippen molar-refractivity contribution in [1.82, 2.24) is 4.90 Å². The van der Waals surface area contributed by atoms with Crippen LogP contribution in [0.25, 0.3) is 0 Å². The van der Waals surface area contributed by atoms with Crippen LogP contribution in [0.2, 0.25) is 0 Å². The van der Waals surface area contributed by atoms with Crippen LogP contribution >= 0.6 is 0 Å². The summed E-state index contributed by atoms with van der Waals surface area (Å²) >= 11 is 0. The summed E-state index contributed by atoms with van der Waals surface area (Å²) in [5.74, 6) is 1.22. The third kappa shape index (κ3) is 3.68. The monoisotopic (exact) mass is 342 g/mol. The predicted octanol–water partition coefficient (Wildman–Crippen LogP) is 3.12. The molecule has 6 heteroatoms. The van der Waals surface area contributed by atoms with Crippen molar-refractivity contribution in [3.63, 3.8) is 0 Å². The molecule has 1 fully saturated rings. The predicted molar refractivity (Wildman–Crippen MR) is 93.8 cm³/mol. The number of amides is 2. The molecule has 1 saturated carbocycles. The highest BCUT2D eigenvalue weighted by Gasteiger charge is 2.46. The highest BCUT2D eigenvalue weighted by molar-refractivity contribution is 5.98. The van der Waals surface area contributed by atoms with Crippen LogP contribution in [0, 0.1) is 5.92 Å². The first kappa shape index (κ1) is 17.1. The Morgan fingerprint density at radius 3 is 2.76 bits per heavy atom. The Kier molecular flexibility index (Phi) is 4.79. The zero-order valence-corrected chi connectivity index (χ0v) is 14.6. The van der Waals surface area contributed by atoms with Gasteiger partial charge in [0.05, 0.1) is 18.6 Å². The molecule has 0 bridgehead atoms. The molecule has 132 valence electrons. The molecular formula is C19H22N2O4. The second kappa shape index (κ2) is 7.01. The fourth-order valence-electron chi connectivity index (χ4n) is 2.82. The van der Waals surface area contributed by atoms with Gasteiger partial charge in [0.2, 0.25) is 5.91 Å². The summed E-state index contributed by atoms with van der Waals surface area (Å²) in [7, 11) is 3.39. The summed E-state index contributed by atoms with van der Waals surface area (Å²) in [5.41, 5.74) is 1.10. The van der Waals surface area contributed by atoms with Crippen molar-refractivity contribution < 1.29 is 18.7 Å². The van der Waals surface area contributed by atoms with E-state index in [2.05, 4.69) is 5.32 Å². The molecule has 2 amide bonds. The summed E-state index contributed by atoms with van der Waals surface area (Å²) in [6.07, 6.45) is 2.40. The van der Waals surface area contributed by atoms with Gasteiger partial charge in [-0.2, -0.15) is 0 Å². The number of nitrogens with one attached hydrogen (secondary N) is 1. The molecular weight excluding hydrogens is 320 g/mol. The number of anilines is 1. The summed E-state index contributed by atoms with van der Waals surface area (Å²) in [4.78, 5) is 26.1. The second-order valence-corrected chi connectivity index (χ2v) is 6.30. The minimum Gasteiger partial charge on any atom is -0.492 e. The van der Waals surface area contributed by atoms with Crippen molar-refractivity contribution in [3.05, 3.63) is 47.9 Å². The Labute approximate surface area is 146 Å². The molecule has 3 rings (SSSR count). The Hall–Kier alpha value is -2.76.